The van der Waals surface area contributed by atoms with Crippen molar-refractivity contribution in [3.63, 3.8) is 0 Å². The van der Waals surface area contributed by atoms with Gasteiger partial charge in [0.25, 0.3) is 5.69 Å². The molecule has 0 aliphatic heterocycles. The molecule has 1 aromatic heterocycles. The Balaban J connectivity index is 2.13. The predicted octanol–water partition coefficient (Wildman–Crippen LogP) is 1.93. The van der Waals surface area contributed by atoms with Crippen LogP contribution in [0.1, 0.15) is 18.7 Å². The van der Waals surface area contributed by atoms with Crippen LogP contribution in [-0.2, 0) is 6.42 Å². The van der Waals surface area contributed by atoms with Gasteiger partial charge in [-0.15, -0.1) is 0 Å². The molecule has 2 rings (SSSR count). The van der Waals surface area contributed by atoms with Gasteiger partial charge in [-0.05, 0) is 19.4 Å². The quantitative estimate of drug-likeness (QED) is 0.484. The van der Waals surface area contributed by atoms with Gasteiger partial charge in [-0.1, -0.05) is 17.3 Å². The number of nitro benzene ring substituents is 1. The van der Waals surface area contributed by atoms with Gasteiger partial charge in [-0.2, -0.15) is 4.98 Å². The number of aromatic nitrogens is 2. The topological polar surface area (TPSA) is 108 Å². The second-order valence-electron chi connectivity index (χ2n) is 4.06. The Bertz CT molecular complexity index is 568. The average molecular weight is 262 g/mol. The standard InChI is InChI=1S/C12H14N4O3/c13-7-2-1-6-11-14-12(15-19-11)9-4-3-5-10(8-9)16(17)18/h3-5,8H,1-2,6-7,13H2. The summed E-state index contributed by atoms with van der Waals surface area (Å²) < 4.78 is 5.09. The maximum atomic E-state index is 10.7. The summed E-state index contributed by atoms with van der Waals surface area (Å²) >= 11 is 0. The number of non-ortho nitro benzene ring substituents is 1. The molecule has 0 bridgehead atoms. The number of nitrogens with two attached hydrogens (primary N) is 1. The van der Waals surface area contributed by atoms with Crippen LogP contribution in [0.4, 0.5) is 5.69 Å². The van der Waals surface area contributed by atoms with Crippen molar-refractivity contribution in [2.24, 2.45) is 5.73 Å². The molecule has 7 heteroatoms. The molecule has 100 valence electrons. The lowest BCUT2D eigenvalue weighted by atomic mass is 10.2. The van der Waals surface area contributed by atoms with Crippen molar-refractivity contribution in [1.82, 2.24) is 10.1 Å². The van der Waals surface area contributed by atoms with E-state index >= 15 is 0 Å². The number of benzene rings is 1. The van der Waals surface area contributed by atoms with E-state index in [1.165, 1.54) is 12.1 Å². The van der Waals surface area contributed by atoms with Crippen molar-refractivity contribution in [3.05, 3.63) is 40.3 Å². The van der Waals surface area contributed by atoms with E-state index in [0.29, 0.717) is 30.2 Å². The molecular formula is C12H14N4O3. The summed E-state index contributed by atoms with van der Waals surface area (Å²) in [5.41, 5.74) is 5.98. The molecule has 0 aliphatic rings. The third-order valence-electron chi connectivity index (χ3n) is 2.63. The first-order valence-electron chi connectivity index (χ1n) is 5.98. The lowest BCUT2D eigenvalue weighted by molar-refractivity contribution is -0.384. The molecule has 0 atom stereocenters. The van der Waals surface area contributed by atoms with Crippen molar-refractivity contribution >= 4 is 5.69 Å². The lowest BCUT2D eigenvalue weighted by Gasteiger charge is -1.94. The fourth-order valence-corrected chi connectivity index (χ4v) is 1.65. The number of hydrogen-bond donors (Lipinski definition) is 1. The Kier molecular flexibility index (Phi) is 4.19. The highest BCUT2D eigenvalue weighted by atomic mass is 16.6. The third kappa shape index (κ3) is 3.35. The molecule has 0 saturated carbocycles. The second kappa shape index (κ2) is 6.05. The highest BCUT2D eigenvalue weighted by Crippen LogP contribution is 2.21. The van der Waals surface area contributed by atoms with Gasteiger partial charge in [0.2, 0.25) is 11.7 Å². The zero-order valence-electron chi connectivity index (χ0n) is 10.3. The summed E-state index contributed by atoms with van der Waals surface area (Å²) in [5, 5.41) is 14.5. The van der Waals surface area contributed by atoms with E-state index in [1.807, 2.05) is 0 Å². The summed E-state index contributed by atoms with van der Waals surface area (Å²) in [4.78, 5) is 14.5. The summed E-state index contributed by atoms with van der Waals surface area (Å²) in [7, 11) is 0. The van der Waals surface area contributed by atoms with Crippen molar-refractivity contribution in [1.29, 1.82) is 0 Å². The normalized spacial score (nSPS) is 10.6. The Morgan fingerprint density at radius 3 is 2.95 bits per heavy atom. The smallest absolute Gasteiger partial charge is 0.270 e. The molecule has 2 aromatic rings. The minimum Gasteiger partial charge on any atom is -0.339 e. The fourth-order valence-electron chi connectivity index (χ4n) is 1.65. The predicted molar refractivity (Wildman–Crippen MR) is 68.4 cm³/mol. The number of hydrogen-bond acceptors (Lipinski definition) is 6. The Hall–Kier alpha value is -2.28. The van der Waals surface area contributed by atoms with Gasteiger partial charge in [-0.25, -0.2) is 0 Å². The number of rotatable bonds is 6. The number of nitro groups is 1. The summed E-state index contributed by atoms with van der Waals surface area (Å²) in [6, 6.07) is 6.15. The van der Waals surface area contributed by atoms with Crippen LogP contribution < -0.4 is 5.73 Å². The molecular weight excluding hydrogens is 248 g/mol. The van der Waals surface area contributed by atoms with Crippen molar-refractivity contribution in [3.8, 4) is 11.4 Å². The van der Waals surface area contributed by atoms with Crippen LogP contribution in [-0.4, -0.2) is 21.6 Å². The van der Waals surface area contributed by atoms with Gasteiger partial charge >= 0.3 is 0 Å². The highest BCUT2D eigenvalue weighted by Gasteiger charge is 2.12. The first-order chi connectivity index (χ1) is 9.20. The molecule has 0 saturated heterocycles. The van der Waals surface area contributed by atoms with Crippen molar-refractivity contribution in [2.75, 3.05) is 6.54 Å². The minimum atomic E-state index is -0.453. The van der Waals surface area contributed by atoms with Gasteiger partial charge in [0.1, 0.15) is 0 Å². The first kappa shape index (κ1) is 13.2. The van der Waals surface area contributed by atoms with Crippen LogP contribution in [0, 0.1) is 10.1 Å². The maximum Gasteiger partial charge on any atom is 0.270 e. The van der Waals surface area contributed by atoms with Gasteiger partial charge in [0.15, 0.2) is 0 Å². The van der Waals surface area contributed by atoms with Gasteiger partial charge in [-0.3, -0.25) is 10.1 Å². The van der Waals surface area contributed by atoms with E-state index in [9.17, 15) is 10.1 Å². The number of aryl methyl sites for hydroxylation is 1. The molecule has 7 nitrogen and oxygen atoms in total. The fraction of sp³-hybridized carbons (Fsp3) is 0.333. The molecule has 0 radical (unpaired) electrons. The van der Waals surface area contributed by atoms with Crippen molar-refractivity contribution < 1.29 is 9.45 Å². The van der Waals surface area contributed by atoms with E-state index in [4.69, 9.17) is 10.3 Å². The van der Waals surface area contributed by atoms with Crippen LogP contribution in [0.25, 0.3) is 11.4 Å². The molecule has 0 unspecified atom stereocenters. The maximum absolute atomic E-state index is 10.7. The zero-order chi connectivity index (χ0) is 13.7. The van der Waals surface area contributed by atoms with E-state index in [1.54, 1.807) is 12.1 Å². The van der Waals surface area contributed by atoms with Crippen LogP contribution in [0.15, 0.2) is 28.8 Å². The summed E-state index contributed by atoms with van der Waals surface area (Å²) in [5.74, 6) is 0.890. The molecule has 0 amide bonds. The number of unbranched alkanes of at least 4 members (excludes halogenated alkanes) is 1. The molecule has 0 spiro atoms. The molecule has 0 fully saturated rings. The second-order valence-corrected chi connectivity index (χ2v) is 4.06. The molecule has 1 heterocycles. The molecule has 19 heavy (non-hydrogen) atoms. The Morgan fingerprint density at radius 1 is 1.37 bits per heavy atom. The van der Waals surface area contributed by atoms with Gasteiger partial charge < -0.3 is 10.3 Å². The average Bonchev–Trinajstić information content (AvgIpc) is 2.88. The lowest BCUT2D eigenvalue weighted by Crippen LogP contribution is -1.99. The van der Waals surface area contributed by atoms with Gasteiger partial charge in [0, 0.05) is 24.1 Å². The van der Waals surface area contributed by atoms with Crippen molar-refractivity contribution in [2.45, 2.75) is 19.3 Å². The summed E-state index contributed by atoms with van der Waals surface area (Å²) in [6.07, 6.45) is 2.45. The van der Waals surface area contributed by atoms with Crippen LogP contribution in [0.2, 0.25) is 0 Å². The van der Waals surface area contributed by atoms with Crippen LogP contribution >= 0.6 is 0 Å². The Labute approximate surface area is 109 Å². The summed E-state index contributed by atoms with van der Waals surface area (Å²) in [6.45, 7) is 0.631. The largest absolute Gasteiger partial charge is 0.339 e. The van der Waals surface area contributed by atoms with E-state index in [0.717, 1.165) is 12.8 Å². The SMILES string of the molecule is NCCCCc1nc(-c2cccc([N+](=O)[O-])c2)no1. The Morgan fingerprint density at radius 2 is 2.21 bits per heavy atom. The van der Waals surface area contributed by atoms with Crippen LogP contribution in [0.3, 0.4) is 0 Å². The third-order valence-corrected chi connectivity index (χ3v) is 2.63. The zero-order valence-corrected chi connectivity index (χ0v) is 10.3. The molecule has 0 aliphatic carbocycles. The molecule has 2 N–H and O–H groups in total. The van der Waals surface area contributed by atoms with Gasteiger partial charge in [0.05, 0.1) is 4.92 Å². The van der Waals surface area contributed by atoms with E-state index < -0.39 is 4.92 Å². The number of nitrogens with zero attached hydrogens (tertiary/aromatic N) is 3. The minimum absolute atomic E-state index is 0.00646. The van der Waals surface area contributed by atoms with E-state index in [2.05, 4.69) is 10.1 Å². The monoisotopic (exact) mass is 262 g/mol. The van der Waals surface area contributed by atoms with Crippen LogP contribution in [0.5, 0.6) is 0 Å². The highest BCUT2D eigenvalue weighted by molar-refractivity contribution is 5.58. The molecule has 1 aromatic carbocycles. The van der Waals surface area contributed by atoms with E-state index in [-0.39, 0.29) is 5.69 Å². The first-order valence-corrected chi connectivity index (χ1v) is 5.98.